The minimum Gasteiger partial charge on any atom is -1.00 e. The van der Waals surface area contributed by atoms with Crippen LogP contribution in [0.2, 0.25) is 3.12 Å². The molecule has 2 aromatic carbocycles. The zero-order valence-corrected chi connectivity index (χ0v) is 37.5. The van der Waals surface area contributed by atoms with Gasteiger partial charge in [-0.25, -0.2) is 0 Å². The Hall–Kier alpha value is -1.53. The number of halogens is 2. The quantitative estimate of drug-likeness (QED) is 0.303. The van der Waals surface area contributed by atoms with Crippen LogP contribution in [0.15, 0.2) is 104 Å². The third-order valence-corrected chi connectivity index (χ3v) is 25.0. The Balaban J connectivity index is 0.00000252. The molecular formula is C48H62Cl2Zr. The van der Waals surface area contributed by atoms with Gasteiger partial charge < -0.3 is 24.8 Å². The third kappa shape index (κ3) is 5.54. The van der Waals surface area contributed by atoms with Crippen LogP contribution in [-0.2, 0) is 34.1 Å². The van der Waals surface area contributed by atoms with Crippen LogP contribution in [0.1, 0.15) is 119 Å². The van der Waals surface area contributed by atoms with E-state index in [1.807, 2.05) is 8.85 Å². The molecule has 7 rings (SSSR count). The Kier molecular flexibility index (Phi) is 10.9. The topological polar surface area (TPSA) is 0 Å². The molecule has 0 aliphatic heterocycles. The number of hydrogen-bond donors (Lipinski definition) is 0. The summed E-state index contributed by atoms with van der Waals surface area (Å²) in [5.74, 6) is 1.08. The summed E-state index contributed by atoms with van der Waals surface area (Å²) >= 11 is -2.75. The molecule has 5 aliphatic rings. The van der Waals surface area contributed by atoms with Crippen molar-refractivity contribution in [2.45, 2.75) is 118 Å². The van der Waals surface area contributed by atoms with Crippen LogP contribution < -0.4 is 24.8 Å². The maximum Gasteiger partial charge on any atom is -1.00 e. The summed E-state index contributed by atoms with van der Waals surface area (Å²) in [5, 5.41) is 0. The molecule has 1 fully saturated rings. The van der Waals surface area contributed by atoms with E-state index in [2.05, 4.69) is 166 Å². The Labute approximate surface area is 331 Å². The molecule has 0 radical (unpaired) electrons. The van der Waals surface area contributed by atoms with Gasteiger partial charge in [0.2, 0.25) is 0 Å². The van der Waals surface area contributed by atoms with E-state index in [9.17, 15) is 0 Å². The van der Waals surface area contributed by atoms with Gasteiger partial charge in [0, 0.05) is 0 Å². The Morgan fingerprint density at radius 3 is 2.12 bits per heavy atom. The molecule has 0 bridgehead atoms. The van der Waals surface area contributed by atoms with Crippen LogP contribution in [-0.4, -0.2) is 3.71 Å². The van der Waals surface area contributed by atoms with E-state index >= 15 is 0 Å². The van der Waals surface area contributed by atoms with E-state index in [4.69, 9.17) is 0 Å². The fourth-order valence-corrected chi connectivity index (χ4v) is 22.2. The largest absolute Gasteiger partial charge is 1.00 e. The van der Waals surface area contributed by atoms with Crippen LogP contribution in [0.5, 0.6) is 0 Å². The predicted octanol–water partition coefficient (Wildman–Crippen LogP) is 7.12. The summed E-state index contributed by atoms with van der Waals surface area (Å²) in [6, 6.07) is 20.8. The summed E-state index contributed by atoms with van der Waals surface area (Å²) in [7, 11) is 0. The van der Waals surface area contributed by atoms with Crippen molar-refractivity contribution in [3.05, 3.63) is 121 Å². The Bertz CT molecular complexity index is 1890. The van der Waals surface area contributed by atoms with Crippen molar-refractivity contribution in [2.75, 3.05) is 0 Å². The fourth-order valence-electron chi connectivity index (χ4n) is 11.6. The van der Waals surface area contributed by atoms with Gasteiger partial charge in [0.1, 0.15) is 0 Å². The van der Waals surface area contributed by atoms with E-state index in [1.165, 1.54) is 30.4 Å². The van der Waals surface area contributed by atoms with Gasteiger partial charge in [-0.15, -0.1) is 0 Å². The molecule has 0 heterocycles. The summed E-state index contributed by atoms with van der Waals surface area (Å²) in [6.45, 7) is 31.5. The van der Waals surface area contributed by atoms with E-state index < -0.39 is 21.3 Å². The summed E-state index contributed by atoms with van der Waals surface area (Å²) in [4.78, 5) is 0. The molecule has 2 aromatic rings. The molecule has 1 saturated carbocycles. The first-order valence-electron chi connectivity index (χ1n) is 19.4. The molecule has 4 atom stereocenters. The van der Waals surface area contributed by atoms with Crippen molar-refractivity contribution in [2.24, 2.45) is 38.9 Å². The average molecular weight is 801 g/mol. The van der Waals surface area contributed by atoms with Crippen LogP contribution in [0, 0.1) is 38.9 Å². The molecule has 272 valence electrons. The minimum atomic E-state index is -2.75. The summed E-state index contributed by atoms with van der Waals surface area (Å²) in [5.41, 5.74) is 13.4. The molecular weight excluding hydrogens is 739 g/mol. The van der Waals surface area contributed by atoms with Crippen LogP contribution in [0.25, 0.3) is 5.57 Å². The smallest absolute Gasteiger partial charge is 1.00 e. The minimum absolute atomic E-state index is 0. The van der Waals surface area contributed by atoms with Gasteiger partial charge in [0.25, 0.3) is 0 Å². The van der Waals surface area contributed by atoms with Gasteiger partial charge >= 0.3 is 309 Å². The van der Waals surface area contributed by atoms with Gasteiger partial charge in [0.15, 0.2) is 0 Å². The van der Waals surface area contributed by atoms with Crippen molar-refractivity contribution in [3.63, 3.8) is 0 Å². The van der Waals surface area contributed by atoms with Crippen molar-refractivity contribution >= 4 is 9.28 Å². The van der Waals surface area contributed by atoms with E-state index in [-0.39, 0.29) is 55.0 Å². The van der Waals surface area contributed by atoms with Gasteiger partial charge in [-0.2, -0.15) is 0 Å². The summed E-state index contributed by atoms with van der Waals surface area (Å²) in [6.07, 6.45) is 16.3. The monoisotopic (exact) mass is 798 g/mol. The maximum absolute atomic E-state index is 2.98. The first-order chi connectivity index (χ1) is 22.9. The molecule has 51 heavy (non-hydrogen) atoms. The predicted molar refractivity (Wildman–Crippen MR) is 209 cm³/mol. The molecule has 4 unspecified atom stereocenters. The third-order valence-electron chi connectivity index (χ3n) is 15.9. The normalized spacial score (nSPS) is 29.6. The number of rotatable bonds is 5. The fraction of sp³-hybridized carbons (Fsp3) is 0.521. The second-order valence-corrected chi connectivity index (χ2v) is 26.0. The first-order valence-corrected chi connectivity index (χ1v) is 23.2. The molecule has 0 saturated heterocycles. The second kappa shape index (κ2) is 13.6. The maximum atomic E-state index is 2.98. The molecule has 0 nitrogen and oxygen atoms in total. The first kappa shape index (κ1) is 40.7. The molecule has 0 N–H and O–H groups in total. The number of hydrogen-bond acceptors (Lipinski definition) is 0. The van der Waals surface area contributed by atoms with Gasteiger partial charge in [-0.3, -0.25) is 0 Å². The van der Waals surface area contributed by atoms with Crippen molar-refractivity contribution < 1.29 is 46.1 Å². The van der Waals surface area contributed by atoms with Crippen molar-refractivity contribution in [1.29, 1.82) is 0 Å². The van der Waals surface area contributed by atoms with Crippen LogP contribution in [0.3, 0.4) is 0 Å². The average Bonchev–Trinajstić information content (AvgIpc) is 3.67. The number of benzene rings is 2. The Morgan fingerprint density at radius 1 is 0.824 bits per heavy atom. The zero-order valence-electron chi connectivity index (χ0n) is 33.5. The van der Waals surface area contributed by atoms with Crippen molar-refractivity contribution in [1.82, 2.24) is 0 Å². The second-order valence-electron chi connectivity index (χ2n) is 19.0. The van der Waals surface area contributed by atoms with Crippen LogP contribution >= 0.6 is 0 Å². The van der Waals surface area contributed by atoms with E-state index in [1.54, 1.807) is 27.9 Å². The standard InChI is InChI=1S/C29H37.C11H17.C8H8.2ClH.Zr/c1-18-25-22-17-19-13-9-10-14-20(19)24(22)21-15-11-12-16-23(21)29(25,8)28(6,7)27(4,5)26(18,2)3;1-5-9-6-7-10(8-9)11(2,3)4;1-2-8-6-4-3-5-7-8;;;/h9-11,13-15,23H,12,16-17H2,1-8H3;7-9H,5H2,1-4H3;1,3-7H,2H2;2*1H;/q;;;;;+2/p-2. The summed E-state index contributed by atoms with van der Waals surface area (Å²) < 4.78 is 4.91. The van der Waals surface area contributed by atoms with E-state index in [0.717, 1.165) is 12.8 Å². The van der Waals surface area contributed by atoms with Gasteiger partial charge in [-0.1, -0.05) is 0 Å². The number of fused-ring (bicyclic) bond motifs is 6. The molecule has 0 spiro atoms. The Morgan fingerprint density at radius 2 is 1.47 bits per heavy atom. The molecule has 0 amide bonds. The van der Waals surface area contributed by atoms with Gasteiger partial charge in [0.05, 0.1) is 0 Å². The zero-order chi connectivity index (χ0) is 35.4. The van der Waals surface area contributed by atoms with E-state index in [0.29, 0.717) is 11.8 Å². The van der Waals surface area contributed by atoms with Crippen molar-refractivity contribution in [3.8, 4) is 0 Å². The number of allylic oxidation sites excluding steroid dienone is 10. The van der Waals surface area contributed by atoms with Gasteiger partial charge in [-0.05, 0) is 0 Å². The molecule has 3 heteroatoms. The molecule has 5 aliphatic carbocycles. The molecule has 0 aromatic heterocycles. The SMILES string of the molecule is CCC1C=C(C(C)(C)C)C=[C]1[Zr+2](=[CH]Cc1ccccc1)[C]1(C)C2=C3Cc4ccccc4C3=C3C=CCCC3C2(C)C(C)(C)C(C)(C)C1(C)C.[Cl-].[Cl-]. The van der Waals surface area contributed by atoms with Crippen LogP contribution in [0.4, 0.5) is 0 Å².